The van der Waals surface area contributed by atoms with Gasteiger partial charge in [0, 0.05) is 6.42 Å². The van der Waals surface area contributed by atoms with E-state index in [1.54, 1.807) is 6.92 Å². The van der Waals surface area contributed by atoms with Crippen LogP contribution in [-0.2, 0) is 4.79 Å². The van der Waals surface area contributed by atoms with Crippen LogP contribution in [0, 0.1) is 11.8 Å². The Morgan fingerprint density at radius 3 is 2.77 bits per heavy atom. The van der Waals surface area contributed by atoms with Crippen molar-refractivity contribution in [2.45, 2.75) is 13.3 Å². The molecule has 0 radical (unpaired) electrons. The van der Waals surface area contributed by atoms with Gasteiger partial charge in [-0.25, -0.2) is 4.79 Å². The van der Waals surface area contributed by atoms with E-state index in [1.807, 2.05) is 0 Å². The normalized spacial score (nSPS) is 10.1. The predicted octanol–water partition coefficient (Wildman–Crippen LogP) is 0.212. The zero-order valence-electron chi connectivity index (χ0n) is 7.20. The maximum atomic E-state index is 10.2. The van der Waals surface area contributed by atoms with E-state index < -0.39 is 5.97 Å². The third-order valence-electron chi connectivity index (χ3n) is 0.994. The molecule has 0 aliphatic heterocycles. The first kappa shape index (κ1) is 11.6. The SMILES string of the molecule is CC(N)=NCCC#CC(=S)C(=O)O. The number of aliphatic imine (C=N–C) groups is 1. The molecule has 0 aliphatic rings. The van der Waals surface area contributed by atoms with E-state index >= 15 is 0 Å². The fraction of sp³-hybridized carbons (Fsp3) is 0.375. The Hall–Kier alpha value is -1.41. The topological polar surface area (TPSA) is 75.7 Å². The largest absolute Gasteiger partial charge is 0.477 e. The van der Waals surface area contributed by atoms with Gasteiger partial charge in [0.1, 0.15) is 0 Å². The lowest BCUT2D eigenvalue weighted by Crippen LogP contribution is -2.07. The Morgan fingerprint density at radius 1 is 1.69 bits per heavy atom. The maximum Gasteiger partial charge on any atom is 0.355 e. The third kappa shape index (κ3) is 6.97. The fourth-order valence-corrected chi connectivity index (χ4v) is 0.557. The lowest BCUT2D eigenvalue weighted by molar-refractivity contribution is -0.128. The van der Waals surface area contributed by atoms with Crippen LogP contribution >= 0.6 is 12.2 Å². The summed E-state index contributed by atoms with van der Waals surface area (Å²) in [6.45, 7) is 2.15. The summed E-state index contributed by atoms with van der Waals surface area (Å²) < 4.78 is 0. The van der Waals surface area contributed by atoms with Crippen molar-refractivity contribution in [3.63, 3.8) is 0 Å². The van der Waals surface area contributed by atoms with Crippen LogP contribution in [0.1, 0.15) is 13.3 Å². The molecule has 0 aromatic rings. The Kier molecular flexibility index (Phi) is 5.48. The number of rotatable bonds is 3. The Bertz CT molecular complexity index is 295. The first-order valence-electron chi connectivity index (χ1n) is 3.56. The van der Waals surface area contributed by atoms with Crippen LogP contribution in [0.2, 0.25) is 0 Å². The molecule has 0 saturated carbocycles. The smallest absolute Gasteiger partial charge is 0.355 e. The number of carboxylic acid groups (broad SMARTS) is 1. The zero-order valence-corrected chi connectivity index (χ0v) is 8.02. The van der Waals surface area contributed by atoms with Gasteiger partial charge in [0.15, 0.2) is 4.86 Å². The van der Waals surface area contributed by atoms with Gasteiger partial charge in [0.25, 0.3) is 0 Å². The van der Waals surface area contributed by atoms with E-state index in [9.17, 15) is 4.79 Å². The van der Waals surface area contributed by atoms with Gasteiger partial charge in [-0.05, 0) is 12.8 Å². The molecule has 70 valence electrons. The van der Waals surface area contributed by atoms with Gasteiger partial charge >= 0.3 is 5.97 Å². The summed E-state index contributed by atoms with van der Waals surface area (Å²) in [6.07, 6.45) is 0.460. The van der Waals surface area contributed by atoms with Crippen LogP contribution in [-0.4, -0.2) is 28.3 Å². The van der Waals surface area contributed by atoms with Gasteiger partial charge in [0.2, 0.25) is 0 Å². The van der Waals surface area contributed by atoms with E-state index in [4.69, 9.17) is 10.8 Å². The fourth-order valence-electron chi connectivity index (χ4n) is 0.484. The van der Waals surface area contributed by atoms with Crippen LogP contribution in [0.25, 0.3) is 0 Å². The third-order valence-corrected chi connectivity index (χ3v) is 1.27. The summed E-state index contributed by atoms with van der Waals surface area (Å²) >= 11 is 4.45. The molecule has 0 aromatic carbocycles. The molecular formula is C8H10N2O2S. The summed E-state index contributed by atoms with van der Waals surface area (Å²) in [4.78, 5) is 13.8. The van der Waals surface area contributed by atoms with Crippen molar-refractivity contribution in [2.24, 2.45) is 10.7 Å². The highest BCUT2D eigenvalue weighted by Gasteiger charge is 1.99. The molecule has 13 heavy (non-hydrogen) atoms. The second-order valence-corrected chi connectivity index (χ2v) is 2.62. The summed E-state index contributed by atoms with van der Waals surface area (Å²) in [7, 11) is 0. The maximum absolute atomic E-state index is 10.2. The molecule has 0 aliphatic carbocycles. The lowest BCUT2D eigenvalue weighted by Gasteiger charge is -1.87. The molecule has 0 aromatic heterocycles. The Balaban J connectivity index is 3.82. The molecule has 3 N–H and O–H groups in total. The summed E-state index contributed by atoms with van der Waals surface area (Å²) in [6, 6.07) is 0. The first-order chi connectivity index (χ1) is 6.04. The summed E-state index contributed by atoms with van der Waals surface area (Å²) in [5, 5.41) is 8.34. The molecule has 0 atom stereocenters. The van der Waals surface area contributed by atoms with Crippen molar-refractivity contribution in [2.75, 3.05) is 6.54 Å². The molecule has 0 amide bonds. The zero-order chi connectivity index (χ0) is 10.3. The van der Waals surface area contributed by atoms with Gasteiger partial charge < -0.3 is 10.8 Å². The summed E-state index contributed by atoms with van der Waals surface area (Å²) in [5.41, 5.74) is 5.26. The van der Waals surface area contributed by atoms with E-state index in [1.165, 1.54) is 0 Å². The quantitative estimate of drug-likeness (QED) is 0.223. The number of nitrogens with zero attached hydrogens (tertiary/aromatic N) is 1. The molecule has 0 saturated heterocycles. The molecule has 4 nitrogen and oxygen atoms in total. The number of hydrogen-bond donors (Lipinski definition) is 2. The molecule has 0 unspecified atom stereocenters. The Labute approximate surface area is 81.8 Å². The van der Waals surface area contributed by atoms with Crippen molar-refractivity contribution in [1.29, 1.82) is 0 Å². The van der Waals surface area contributed by atoms with Crippen molar-refractivity contribution in [3.05, 3.63) is 0 Å². The number of carboxylic acids is 1. The van der Waals surface area contributed by atoms with Crippen molar-refractivity contribution < 1.29 is 9.90 Å². The molecule has 0 bridgehead atoms. The highest BCUT2D eigenvalue weighted by Crippen LogP contribution is 1.80. The highest BCUT2D eigenvalue weighted by molar-refractivity contribution is 7.82. The van der Waals surface area contributed by atoms with Gasteiger partial charge in [-0.15, -0.1) is 0 Å². The van der Waals surface area contributed by atoms with Gasteiger partial charge in [0.05, 0.1) is 12.4 Å². The second kappa shape index (κ2) is 6.14. The molecule has 5 heteroatoms. The van der Waals surface area contributed by atoms with Crippen molar-refractivity contribution in [3.8, 4) is 11.8 Å². The van der Waals surface area contributed by atoms with Crippen LogP contribution < -0.4 is 5.73 Å². The molecule has 0 heterocycles. The van der Waals surface area contributed by atoms with Crippen LogP contribution in [0.5, 0.6) is 0 Å². The number of thiocarbonyl (C=S) groups is 1. The van der Waals surface area contributed by atoms with Crippen LogP contribution in [0.15, 0.2) is 4.99 Å². The number of hydrogen-bond acceptors (Lipinski definition) is 3. The summed E-state index contributed by atoms with van der Waals surface area (Å²) in [5.74, 6) is 4.24. The average Bonchev–Trinajstić information content (AvgIpc) is 2.02. The number of nitrogens with two attached hydrogens (primary N) is 1. The predicted molar refractivity (Wildman–Crippen MR) is 54.8 cm³/mol. The van der Waals surface area contributed by atoms with E-state index in [0.29, 0.717) is 18.8 Å². The Morgan fingerprint density at radius 2 is 2.31 bits per heavy atom. The van der Waals surface area contributed by atoms with Gasteiger partial charge in [-0.2, -0.15) is 0 Å². The van der Waals surface area contributed by atoms with Crippen molar-refractivity contribution >= 4 is 28.9 Å². The molecular weight excluding hydrogens is 188 g/mol. The number of carbonyl (C=O) groups is 1. The van der Waals surface area contributed by atoms with Gasteiger partial charge in [-0.1, -0.05) is 18.1 Å². The minimum Gasteiger partial charge on any atom is -0.477 e. The van der Waals surface area contributed by atoms with Crippen LogP contribution in [0.3, 0.4) is 0 Å². The number of amidine groups is 1. The molecule has 0 rings (SSSR count). The highest BCUT2D eigenvalue weighted by atomic mass is 32.1. The van der Waals surface area contributed by atoms with Gasteiger partial charge in [-0.3, -0.25) is 4.99 Å². The van der Waals surface area contributed by atoms with Crippen molar-refractivity contribution in [1.82, 2.24) is 0 Å². The second-order valence-electron chi connectivity index (χ2n) is 2.21. The monoisotopic (exact) mass is 198 g/mol. The van der Waals surface area contributed by atoms with E-state index in [-0.39, 0.29) is 4.86 Å². The minimum atomic E-state index is -1.17. The first-order valence-corrected chi connectivity index (χ1v) is 3.97. The average molecular weight is 198 g/mol. The van der Waals surface area contributed by atoms with Crippen LogP contribution in [0.4, 0.5) is 0 Å². The van der Waals surface area contributed by atoms with E-state index in [2.05, 4.69) is 29.1 Å². The van der Waals surface area contributed by atoms with E-state index in [0.717, 1.165) is 0 Å². The number of aliphatic carboxylic acids is 1. The lowest BCUT2D eigenvalue weighted by atomic mass is 10.3. The minimum absolute atomic E-state index is 0.270. The molecule has 0 spiro atoms. The molecule has 0 fully saturated rings. The standard InChI is InChI=1S/C8H10N2O2S/c1-6(9)10-5-3-2-4-7(13)8(11)12/h3,5H2,1H3,(H2,9,10)(H,11,12).